The van der Waals surface area contributed by atoms with Crippen LogP contribution in [0.5, 0.6) is 11.5 Å². The van der Waals surface area contributed by atoms with Crippen molar-refractivity contribution in [2.24, 2.45) is 0 Å². The van der Waals surface area contributed by atoms with E-state index >= 15 is 0 Å². The van der Waals surface area contributed by atoms with Crippen LogP contribution in [0.4, 0.5) is 5.69 Å². The van der Waals surface area contributed by atoms with Crippen LogP contribution in [0.25, 0.3) is 0 Å². The predicted octanol–water partition coefficient (Wildman–Crippen LogP) is 1.37. The molecule has 0 aliphatic heterocycles. The fourth-order valence-electron chi connectivity index (χ4n) is 1.33. The first-order valence-corrected chi connectivity index (χ1v) is 6.57. The summed E-state index contributed by atoms with van der Waals surface area (Å²) < 4.78 is 10.2. The second-order valence-electron chi connectivity index (χ2n) is 3.39. The van der Waals surface area contributed by atoms with Gasteiger partial charge in [-0.2, -0.15) is 0 Å². The standard InChI is InChI=1S/C12H17NO4S/c1-16-9-3-4-11(17-2)10(7-9)13-12(15)8-18-6-5-14/h3-4,7,14H,5-6,8H2,1-2H3,(H,13,15). The van der Waals surface area contributed by atoms with Gasteiger partial charge in [-0.05, 0) is 12.1 Å². The summed E-state index contributed by atoms with van der Waals surface area (Å²) in [5.41, 5.74) is 0.575. The van der Waals surface area contributed by atoms with Crippen LogP contribution >= 0.6 is 11.8 Å². The Kier molecular flexibility index (Phi) is 6.38. The SMILES string of the molecule is COc1ccc(OC)c(NC(=O)CSCCO)c1. The molecule has 0 unspecified atom stereocenters. The van der Waals surface area contributed by atoms with Crippen LogP contribution < -0.4 is 14.8 Å². The molecule has 1 amide bonds. The van der Waals surface area contributed by atoms with Crippen molar-refractivity contribution in [3.63, 3.8) is 0 Å². The molecule has 0 saturated carbocycles. The zero-order valence-corrected chi connectivity index (χ0v) is 11.3. The third-order valence-corrected chi connectivity index (χ3v) is 3.09. The van der Waals surface area contributed by atoms with Crippen molar-refractivity contribution in [3.05, 3.63) is 18.2 Å². The summed E-state index contributed by atoms with van der Waals surface area (Å²) in [5.74, 6) is 1.93. The van der Waals surface area contributed by atoms with E-state index in [1.54, 1.807) is 25.3 Å². The fourth-order valence-corrected chi connectivity index (χ4v) is 1.86. The van der Waals surface area contributed by atoms with Gasteiger partial charge in [0.15, 0.2) is 0 Å². The Hall–Kier alpha value is -1.40. The number of aliphatic hydroxyl groups is 1. The van der Waals surface area contributed by atoms with Crippen LogP contribution in [-0.2, 0) is 4.79 Å². The molecule has 0 aliphatic carbocycles. The molecule has 18 heavy (non-hydrogen) atoms. The Morgan fingerprint density at radius 1 is 1.39 bits per heavy atom. The maximum Gasteiger partial charge on any atom is 0.234 e. The number of carbonyl (C=O) groups is 1. The van der Waals surface area contributed by atoms with E-state index in [2.05, 4.69) is 5.32 Å². The number of amides is 1. The molecule has 0 saturated heterocycles. The Balaban J connectivity index is 2.66. The summed E-state index contributed by atoms with van der Waals surface area (Å²) in [5, 5.41) is 11.4. The van der Waals surface area contributed by atoms with Gasteiger partial charge in [0.25, 0.3) is 0 Å². The van der Waals surface area contributed by atoms with Crippen molar-refractivity contribution in [2.45, 2.75) is 0 Å². The first-order chi connectivity index (χ1) is 8.71. The van der Waals surface area contributed by atoms with E-state index in [9.17, 15) is 4.79 Å². The predicted molar refractivity (Wildman–Crippen MR) is 72.6 cm³/mol. The number of ether oxygens (including phenoxy) is 2. The minimum atomic E-state index is -0.139. The summed E-state index contributed by atoms with van der Waals surface area (Å²) in [6, 6.07) is 5.19. The van der Waals surface area contributed by atoms with E-state index in [1.165, 1.54) is 18.9 Å². The fraction of sp³-hybridized carbons (Fsp3) is 0.417. The van der Waals surface area contributed by atoms with E-state index in [1.807, 2.05) is 0 Å². The van der Waals surface area contributed by atoms with E-state index in [-0.39, 0.29) is 12.5 Å². The Labute approximate surface area is 110 Å². The van der Waals surface area contributed by atoms with Gasteiger partial charge in [-0.1, -0.05) is 0 Å². The molecule has 1 rings (SSSR count). The van der Waals surface area contributed by atoms with E-state index in [0.717, 1.165) is 0 Å². The lowest BCUT2D eigenvalue weighted by molar-refractivity contribution is -0.113. The van der Waals surface area contributed by atoms with Gasteiger partial charge in [-0.3, -0.25) is 4.79 Å². The molecule has 0 aromatic heterocycles. The number of hydrogen-bond acceptors (Lipinski definition) is 5. The van der Waals surface area contributed by atoms with Gasteiger partial charge < -0.3 is 19.9 Å². The number of benzene rings is 1. The van der Waals surface area contributed by atoms with Gasteiger partial charge in [0.1, 0.15) is 11.5 Å². The number of hydrogen-bond donors (Lipinski definition) is 2. The molecular formula is C12H17NO4S. The molecule has 0 bridgehead atoms. The minimum Gasteiger partial charge on any atom is -0.497 e. The maximum absolute atomic E-state index is 11.6. The average molecular weight is 271 g/mol. The lowest BCUT2D eigenvalue weighted by Gasteiger charge is -2.11. The maximum atomic E-state index is 11.6. The number of carbonyl (C=O) groups excluding carboxylic acids is 1. The summed E-state index contributed by atoms with van der Waals surface area (Å²) in [6.45, 7) is 0.0699. The number of anilines is 1. The van der Waals surface area contributed by atoms with Crippen LogP contribution in [-0.4, -0.2) is 43.3 Å². The highest BCUT2D eigenvalue weighted by Gasteiger charge is 2.08. The van der Waals surface area contributed by atoms with Gasteiger partial charge in [-0.15, -0.1) is 11.8 Å². The van der Waals surface area contributed by atoms with Crippen molar-refractivity contribution in [2.75, 3.05) is 37.6 Å². The van der Waals surface area contributed by atoms with Crippen LogP contribution in [0.15, 0.2) is 18.2 Å². The van der Waals surface area contributed by atoms with Gasteiger partial charge in [0.2, 0.25) is 5.91 Å². The molecule has 0 aliphatic rings. The van der Waals surface area contributed by atoms with E-state index < -0.39 is 0 Å². The Morgan fingerprint density at radius 3 is 2.78 bits per heavy atom. The van der Waals surface area contributed by atoms with Crippen LogP contribution in [0.3, 0.4) is 0 Å². The summed E-state index contributed by atoms with van der Waals surface area (Å²) >= 11 is 1.37. The molecule has 1 aromatic carbocycles. The second kappa shape index (κ2) is 7.84. The quantitative estimate of drug-likeness (QED) is 0.733. The topological polar surface area (TPSA) is 67.8 Å². The zero-order chi connectivity index (χ0) is 13.4. The molecule has 0 spiro atoms. The van der Waals surface area contributed by atoms with Gasteiger partial charge in [0, 0.05) is 11.8 Å². The Bertz CT molecular complexity index is 398. The average Bonchev–Trinajstić information content (AvgIpc) is 2.39. The number of nitrogens with one attached hydrogen (secondary N) is 1. The highest BCUT2D eigenvalue weighted by atomic mass is 32.2. The monoisotopic (exact) mass is 271 g/mol. The lowest BCUT2D eigenvalue weighted by atomic mass is 10.2. The molecule has 1 aromatic rings. The molecular weight excluding hydrogens is 254 g/mol. The number of rotatable bonds is 7. The first-order valence-electron chi connectivity index (χ1n) is 5.41. The Morgan fingerprint density at radius 2 is 2.17 bits per heavy atom. The van der Waals surface area contributed by atoms with Crippen LogP contribution in [0.1, 0.15) is 0 Å². The first kappa shape index (κ1) is 14.7. The van der Waals surface area contributed by atoms with Gasteiger partial charge in [0.05, 0.1) is 32.3 Å². The van der Waals surface area contributed by atoms with Crippen LogP contribution in [0, 0.1) is 0 Å². The number of thioether (sulfide) groups is 1. The van der Waals surface area contributed by atoms with Crippen molar-refractivity contribution < 1.29 is 19.4 Å². The van der Waals surface area contributed by atoms with Crippen molar-refractivity contribution in [1.29, 1.82) is 0 Å². The van der Waals surface area contributed by atoms with E-state index in [0.29, 0.717) is 28.7 Å². The molecule has 5 nitrogen and oxygen atoms in total. The minimum absolute atomic E-state index is 0.0699. The lowest BCUT2D eigenvalue weighted by Crippen LogP contribution is -2.15. The second-order valence-corrected chi connectivity index (χ2v) is 4.50. The highest BCUT2D eigenvalue weighted by molar-refractivity contribution is 7.99. The summed E-state index contributed by atoms with van der Waals surface area (Å²) in [7, 11) is 3.10. The third kappa shape index (κ3) is 4.46. The smallest absolute Gasteiger partial charge is 0.234 e. The number of methoxy groups -OCH3 is 2. The molecule has 100 valence electrons. The normalized spacial score (nSPS) is 9.94. The van der Waals surface area contributed by atoms with Crippen molar-refractivity contribution >= 4 is 23.4 Å². The molecule has 0 atom stereocenters. The molecule has 6 heteroatoms. The van der Waals surface area contributed by atoms with E-state index in [4.69, 9.17) is 14.6 Å². The van der Waals surface area contributed by atoms with Crippen LogP contribution in [0.2, 0.25) is 0 Å². The summed E-state index contributed by atoms with van der Waals surface area (Å²) in [4.78, 5) is 11.6. The van der Waals surface area contributed by atoms with Gasteiger partial charge in [-0.25, -0.2) is 0 Å². The molecule has 0 fully saturated rings. The molecule has 0 heterocycles. The molecule has 0 radical (unpaired) electrons. The van der Waals surface area contributed by atoms with Crippen molar-refractivity contribution in [3.8, 4) is 11.5 Å². The summed E-state index contributed by atoms with van der Waals surface area (Å²) in [6.07, 6.45) is 0. The van der Waals surface area contributed by atoms with Crippen molar-refractivity contribution in [1.82, 2.24) is 0 Å². The zero-order valence-electron chi connectivity index (χ0n) is 10.4. The van der Waals surface area contributed by atoms with Gasteiger partial charge >= 0.3 is 0 Å². The molecule has 2 N–H and O–H groups in total. The third-order valence-electron chi connectivity index (χ3n) is 2.15. The highest BCUT2D eigenvalue weighted by Crippen LogP contribution is 2.28. The largest absolute Gasteiger partial charge is 0.497 e. The number of aliphatic hydroxyl groups excluding tert-OH is 1.